The number of benzene rings is 1. The maximum absolute atomic E-state index is 12.5. The fraction of sp³-hybridized carbons (Fsp3) is 0.375. The monoisotopic (exact) mass is 270 g/mol. The number of carbonyl (C=O) groups excluding carboxylic acids is 2. The minimum atomic E-state index is -0.267. The normalized spacial score (nSPS) is 24.3. The van der Waals surface area contributed by atoms with Gasteiger partial charge in [0.1, 0.15) is 6.04 Å². The molecule has 1 aromatic rings. The molecule has 104 valence electrons. The molecule has 2 heterocycles. The summed E-state index contributed by atoms with van der Waals surface area (Å²) in [5.41, 5.74) is 0.989. The quantitative estimate of drug-likeness (QED) is 0.612. The summed E-state index contributed by atoms with van der Waals surface area (Å²) in [6, 6.07) is 9.26. The molecule has 0 aromatic heterocycles. The molecule has 4 nitrogen and oxygen atoms in total. The number of amides is 3. The first-order chi connectivity index (χ1) is 9.77. The summed E-state index contributed by atoms with van der Waals surface area (Å²) in [5, 5.41) is 0. The predicted molar refractivity (Wildman–Crippen MR) is 75.9 cm³/mol. The van der Waals surface area contributed by atoms with E-state index in [0.717, 1.165) is 24.8 Å². The van der Waals surface area contributed by atoms with E-state index in [-0.39, 0.29) is 18.0 Å². The summed E-state index contributed by atoms with van der Waals surface area (Å²) in [6.07, 6.45) is 6.61. The Kier molecular flexibility index (Phi) is 3.54. The van der Waals surface area contributed by atoms with E-state index in [1.54, 1.807) is 4.90 Å². The molecule has 0 saturated carbocycles. The van der Waals surface area contributed by atoms with Crippen molar-refractivity contribution >= 4 is 11.9 Å². The number of nitrogens with zero attached hydrogens (tertiary/aromatic N) is 2. The van der Waals surface area contributed by atoms with Crippen LogP contribution < -0.4 is 0 Å². The fourth-order valence-corrected chi connectivity index (χ4v) is 2.84. The maximum atomic E-state index is 12.5. The second kappa shape index (κ2) is 5.49. The van der Waals surface area contributed by atoms with Crippen LogP contribution in [0.5, 0.6) is 0 Å². The van der Waals surface area contributed by atoms with Crippen molar-refractivity contribution in [3.63, 3.8) is 0 Å². The van der Waals surface area contributed by atoms with Gasteiger partial charge in [0.05, 0.1) is 6.54 Å². The molecule has 0 aliphatic carbocycles. The molecule has 0 spiro atoms. The lowest BCUT2D eigenvalue weighted by Crippen LogP contribution is -2.36. The average molecular weight is 270 g/mol. The van der Waals surface area contributed by atoms with Crippen molar-refractivity contribution in [3.05, 3.63) is 48.0 Å². The number of rotatable bonds is 2. The second-order valence-corrected chi connectivity index (χ2v) is 5.24. The first-order valence-corrected chi connectivity index (χ1v) is 7.08. The lowest BCUT2D eigenvalue weighted by atomic mass is 10.1. The van der Waals surface area contributed by atoms with Gasteiger partial charge in [0.2, 0.25) is 0 Å². The Bertz CT molecular complexity index is 511. The van der Waals surface area contributed by atoms with Crippen LogP contribution in [0.15, 0.2) is 42.5 Å². The molecule has 3 rings (SSSR count). The fourth-order valence-electron chi connectivity index (χ4n) is 2.84. The number of urea groups is 1. The summed E-state index contributed by atoms with van der Waals surface area (Å²) in [5.74, 6) is -0.0471. The molecule has 0 N–H and O–H groups in total. The van der Waals surface area contributed by atoms with Gasteiger partial charge < -0.3 is 4.90 Å². The van der Waals surface area contributed by atoms with Gasteiger partial charge in [0.15, 0.2) is 0 Å². The van der Waals surface area contributed by atoms with Crippen molar-refractivity contribution < 1.29 is 9.59 Å². The van der Waals surface area contributed by atoms with Crippen LogP contribution in [0.3, 0.4) is 0 Å². The number of hydrogen-bond acceptors (Lipinski definition) is 2. The van der Waals surface area contributed by atoms with E-state index < -0.39 is 0 Å². The minimum Gasteiger partial charge on any atom is -0.312 e. The first kappa shape index (κ1) is 12.9. The van der Waals surface area contributed by atoms with Crippen LogP contribution in [0.2, 0.25) is 0 Å². The van der Waals surface area contributed by atoms with Crippen LogP contribution in [-0.4, -0.2) is 34.3 Å². The smallest absolute Gasteiger partial charge is 0.312 e. The van der Waals surface area contributed by atoms with E-state index in [0.29, 0.717) is 13.1 Å². The standard InChI is InChI=1S/C16H18N2O2/c19-15-14-10-6-1-2-7-11-17(14)16(20)18(15)12-13-8-4-3-5-9-13/h1-5,8-9,14H,6-7,10-12H2/b2-1-. The van der Waals surface area contributed by atoms with Crippen molar-refractivity contribution in [3.8, 4) is 0 Å². The molecule has 1 atom stereocenters. The summed E-state index contributed by atoms with van der Waals surface area (Å²) in [7, 11) is 0. The maximum Gasteiger partial charge on any atom is 0.327 e. The van der Waals surface area contributed by atoms with Gasteiger partial charge >= 0.3 is 6.03 Å². The van der Waals surface area contributed by atoms with E-state index in [1.807, 2.05) is 30.3 Å². The summed E-state index contributed by atoms with van der Waals surface area (Å²) < 4.78 is 0. The van der Waals surface area contributed by atoms with Gasteiger partial charge in [-0.25, -0.2) is 4.79 Å². The van der Waals surface area contributed by atoms with Crippen molar-refractivity contribution in [1.29, 1.82) is 0 Å². The molecule has 20 heavy (non-hydrogen) atoms. The van der Waals surface area contributed by atoms with E-state index in [9.17, 15) is 9.59 Å². The summed E-state index contributed by atoms with van der Waals surface area (Å²) in [4.78, 5) is 28.0. The Morgan fingerprint density at radius 1 is 1.05 bits per heavy atom. The van der Waals surface area contributed by atoms with Crippen molar-refractivity contribution in [2.45, 2.75) is 31.8 Å². The molecule has 1 saturated heterocycles. The van der Waals surface area contributed by atoms with E-state index in [1.165, 1.54) is 4.90 Å². The molecule has 1 unspecified atom stereocenters. The average Bonchev–Trinajstić information content (AvgIpc) is 2.64. The molecule has 0 radical (unpaired) electrons. The highest BCUT2D eigenvalue weighted by atomic mass is 16.2. The van der Waals surface area contributed by atoms with Crippen molar-refractivity contribution in [2.75, 3.05) is 6.54 Å². The van der Waals surface area contributed by atoms with E-state index in [4.69, 9.17) is 0 Å². The predicted octanol–water partition coefficient (Wildman–Crippen LogP) is 2.56. The molecule has 3 amide bonds. The van der Waals surface area contributed by atoms with Crippen LogP contribution in [-0.2, 0) is 11.3 Å². The third-order valence-electron chi connectivity index (χ3n) is 3.90. The molecular formula is C16H18N2O2. The third kappa shape index (κ3) is 2.33. The lowest BCUT2D eigenvalue weighted by molar-refractivity contribution is -0.128. The Morgan fingerprint density at radius 2 is 1.80 bits per heavy atom. The van der Waals surface area contributed by atoms with Gasteiger partial charge in [-0.05, 0) is 24.8 Å². The van der Waals surface area contributed by atoms with Crippen LogP contribution in [0.1, 0.15) is 24.8 Å². The van der Waals surface area contributed by atoms with Crippen molar-refractivity contribution in [1.82, 2.24) is 9.80 Å². The van der Waals surface area contributed by atoms with E-state index >= 15 is 0 Å². The second-order valence-electron chi connectivity index (χ2n) is 5.24. The zero-order valence-electron chi connectivity index (χ0n) is 11.4. The molecular weight excluding hydrogens is 252 g/mol. The molecule has 1 fully saturated rings. The highest BCUT2D eigenvalue weighted by Crippen LogP contribution is 2.25. The van der Waals surface area contributed by atoms with Gasteiger partial charge in [0, 0.05) is 6.54 Å². The molecule has 2 aliphatic rings. The number of fused-ring (bicyclic) bond motifs is 1. The van der Waals surface area contributed by atoms with Crippen LogP contribution in [0.25, 0.3) is 0 Å². The number of imide groups is 1. The molecule has 0 bridgehead atoms. The summed E-state index contributed by atoms with van der Waals surface area (Å²) in [6.45, 7) is 1.01. The Morgan fingerprint density at radius 3 is 2.60 bits per heavy atom. The van der Waals surface area contributed by atoms with Gasteiger partial charge in [-0.2, -0.15) is 0 Å². The Hall–Kier alpha value is -2.10. The Labute approximate surface area is 118 Å². The third-order valence-corrected chi connectivity index (χ3v) is 3.90. The van der Waals surface area contributed by atoms with Gasteiger partial charge in [-0.15, -0.1) is 0 Å². The van der Waals surface area contributed by atoms with Crippen molar-refractivity contribution in [2.24, 2.45) is 0 Å². The lowest BCUT2D eigenvalue weighted by Gasteiger charge is -2.22. The van der Waals surface area contributed by atoms with Crippen LogP contribution in [0, 0.1) is 0 Å². The summed E-state index contributed by atoms with van der Waals surface area (Å²) >= 11 is 0. The topological polar surface area (TPSA) is 40.6 Å². The molecule has 1 aromatic carbocycles. The van der Waals surface area contributed by atoms with Gasteiger partial charge in [0.25, 0.3) is 5.91 Å². The number of allylic oxidation sites excluding steroid dienone is 1. The highest BCUT2D eigenvalue weighted by molar-refractivity contribution is 6.04. The van der Waals surface area contributed by atoms with Gasteiger partial charge in [-0.3, -0.25) is 9.69 Å². The zero-order chi connectivity index (χ0) is 13.9. The molecule has 2 aliphatic heterocycles. The highest BCUT2D eigenvalue weighted by Gasteiger charge is 2.44. The largest absolute Gasteiger partial charge is 0.327 e. The number of carbonyl (C=O) groups is 2. The Balaban J connectivity index is 1.80. The van der Waals surface area contributed by atoms with E-state index in [2.05, 4.69) is 12.2 Å². The zero-order valence-corrected chi connectivity index (χ0v) is 11.4. The number of hydrogen-bond donors (Lipinski definition) is 0. The van der Waals surface area contributed by atoms with Crippen LogP contribution in [0.4, 0.5) is 4.79 Å². The van der Waals surface area contributed by atoms with Crippen LogP contribution >= 0.6 is 0 Å². The minimum absolute atomic E-state index is 0.0471. The van der Waals surface area contributed by atoms with Gasteiger partial charge in [-0.1, -0.05) is 42.5 Å². The first-order valence-electron chi connectivity index (χ1n) is 7.08. The molecule has 4 heteroatoms. The SMILES string of the molecule is O=C1C2CC/C=C\CCN2C(=O)N1Cc1ccccc1.